The SMILES string of the molecule is C1=C\C2CC[C@H](/C=C\C3CC[C@H](/C=C\[C@@H]4CCC(/C=C\[C@@H]5CCC/1C5)C4)C3)C2. The largest absolute Gasteiger partial charge is 0.0851 e. The maximum absolute atomic E-state index is 2.61. The monoisotopic (exact) mass is 376 g/mol. The highest BCUT2D eigenvalue weighted by Crippen LogP contribution is 2.40. The van der Waals surface area contributed by atoms with Crippen LogP contribution < -0.4 is 0 Å². The molecule has 0 radical (unpaired) electrons. The van der Waals surface area contributed by atoms with Crippen molar-refractivity contribution in [3.8, 4) is 0 Å². The van der Waals surface area contributed by atoms with Gasteiger partial charge in [0.25, 0.3) is 0 Å². The molecule has 0 amide bonds. The zero-order chi connectivity index (χ0) is 18.8. The molecule has 4 unspecified atom stereocenters. The summed E-state index contributed by atoms with van der Waals surface area (Å²) in [6.45, 7) is 0. The molecule has 152 valence electrons. The van der Waals surface area contributed by atoms with Crippen molar-refractivity contribution in [2.24, 2.45) is 47.3 Å². The summed E-state index contributed by atoms with van der Waals surface area (Å²) in [5, 5.41) is 0. The molecular formula is C28H40. The lowest BCUT2D eigenvalue weighted by Crippen LogP contribution is -1.97. The summed E-state index contributed by atoms with van der Waals surface area (Å²) in [4.78, 5) is 0. The first-order valence-corrected chi connectivity index (χ1v) is 12.5. The molecule has 0 heterocycles. The Morgan fingerprint density at radius 1 is 0.250 bits per heavy atom. The topological polar surface area (TPSA) is 0 Å². The molecule has 0 spiro atoms. The van der Waals surface area contributed by atoms with Gasteiger partial charge in [0.2, 0.25) is 0 Å². The molecule has 28 heavy (non-hydrogen) atoms. The first kappa shape index (κ1) is 19.0. The third-order valence-electron chi connectivity index (χ3n) is 8.68. The molecule has 0 N–H and O–H groups in total. The number of allylic oxidation sites excluding steroid dienone is 8. The average Bonchev–Trinajstić information content (AvgIpc) is 3.49. The van der Waals surface area contributed by atoms with E-state index >= 15 is 0 Å². The smallest absolute Gasteiger partial charge is 0.0228 e. The zero-order valence-electron chi connectivity index (χ0n) is 17.7. The van der Waals surface area contributed by atoms with Crippen molar-refractivity contribution in [1.82, 2.24) is 0 Å². The quantitative estimate of drug-likeness (QED) is 0.377. The summed E-state index contributed by atoms with van der Waals surface area (Å²) in [6, 6.07) is 0. The van der Waals surface area contributed by atoms with Crippen molar-refractivity contribution < 1.29 is 0 Å². The second kappa shape index (κ2) is 8.76. The van der Waals surface area contributed by atoms with E-state index in [1.165, 1.54) is 77.0 Å². The Balaban J connectivity index is 1.28. The third-order valence-corrected chi connectivity index (χ3v) is 8.68. The van der Waals surface area contributed by atoms with Crippen LogP contribution >= 0.6 is 0 Å². The Bertz CT molecular complexity index is 474. The molecule has 0 saturated heterocycles. The van der Waals surface area contributed by atoms with E-state index in [-0.39, 0.29) is 0 Å². The van der Waals surface area contributed by atoms with Crippen molar-refractivity contribution in [3.63, 3.8) is 0 Å². The highest BCUT2D eigenvalue weighted by atomic mass is 14.3. The van der Waals surface area contributed by atoms with Crippen LogP contribution in [0, 0.1) is 47.3 Å². The summed E-state index contributed by atoms with van der Waals surface area (Å²) < 4.78 is 0. The molecule has 0 aromatic rings. The molecule has 0 aliphatic heterocycles. The Hall–Kier alpha value is -1.04. The first-order valence-electron chi connectivity index (χ1n) is 12.5. The standard InChI is InChI=1S/C28H40/c1-2-22-11-12-24-5-6-26(19-24)15-16-28-8-7-27(20-28)14-13-25-4-3-23(18-25)10-9-21(1)17-22/h9-16,21-28H,1-8,17-20H2/b10-9-,12-11-,14-13-,16-15-/t21-,22?,23+,24-,25?,26?,27+,28?. The molecule has 0 aromatic carbocycles. The summed E-state index contributed by atoms with van der Waals surface area (Å²) >= 11 is 0. The van der Waals surface area contributed by atoms with E-state index in [9.17, 15) is 0 Å². The van der Waals surface area contributed by atoms with Crippen molar-refractivity contribution >= 4 is 0 Å². The number of fused-ring (bicyclic) bond motifs is 8. The minimum atomic E-state index is 0.851. The van der Waals surface area contributed by atoms with Gasteiger partial charge >= 0.3 is 0 Å². The number of hydrogen-bond acceptors (Lipinski definition) is 0. The molecule has 8 bridgehead atoms. The van der Waals surface area contributed by atoms with Crippen LogP contribution in [0.2, 0.25) is 0 Å². The third kappa shape index (κ3) is 4.74. The fraction of sp³-hybridized carbons (Fsp3) is 0.714. The van der Waals surface area contributed by atoms with E-state index in [2.05, 4.69) is 48.6 Å². The van der Waals surface area contributed by atoms with E-state index < -0.39 is 0 Å². The molecule has 4 fully saturated rings. The van der Waals surface area contributed by atoms with Gasteiger partial charge in [0, 0.05) is 0 Å². The van der Waals surface area contributed by atoms with Crippen LogP contribution in [-0.4, -0.2) is 0 Å². The molecule has 5 aliphatic rings. The second-order valence-corrected chi connectivity index (χ2v) is 10.9. The van der Waals surface area contributed by atoms with Gasteiger partial charge < -0.3 is 0 Å². The lowest BCUT2D eigenvalue weighted by Gasteiger charge is -2.09. The van der Waals surface area contributed by atoms with Crippen molar-refractivity contribution in [2.75, 3.05) is 0 Å². The fourth-order valence-corrected chi connectivity index (χ4v) is 6.87. The summed E-state index contributed by atoms with van der Waals surface area (Å²) in [5.74, 6) is 6.81. The molecule has 8 atom stereocenters. The fourth-order valence-electron chi connectivity index (χ4n) is 6.87. The zero-order valence-corrected chi connectivity index (χ0v) is 17.7. The highest BCUT2D eigenvalue weighted by Gasteiger charge is 2.27. The van der Waals surface area contributed by atoms with Gasteiger partial charge in [-0.05, 0) is 124 Å². The Kier molecular flexibility index (Phi) is 5.93. The average molecular weight is 377 g/mol. The molecule has 0 aromatic heterocycles. The Labute approximate surface area is 173 Å². The molecule has 0 heteroatoms. The van der Waals surface area contributed by atoms with E-state index in [1.54, 1.807) is 0 Å². The predicted octanol–water partition coefficient (Wildman–Crippen LogP) is 7.89. The van der Waals surface area contributed by atoms with Crippen LogP contribution in [0.25, 0.3) is 0 Å². The molecule has 5 rings (SSSR count). The normalized spacial score (nSPS) is 50.3. The number of rotatable bonds is 0. The van der Waals surface area contributed by atoms with E-state index in [0.29, 0.717) is 0 Å². The maximum Gasteiger partial charge on any atom is -0.0228 e. The van der Waals surface area contributed by atoms with E-state index in [4.69, 9.17) is 0 Å². The van der Waals surface area contributed by atoms with Gasteiger partial charge in [0.1, 0.15) is 0 Å². The van der Waals surface area contributed by atoms with Crippen LogP contribution in [-0.2, 0) is 0 Å². The van der Waals surface area contributed by atoms with Crippen LogP contribution in [0.15, 0.2) is 48.6 Å². The molecule has 4 saturated carbocycles. The van der Waals surface area contributed by atoms with E-state index in [1.807, 2.05) is 0 Å². The van der Waals surface area contributed by atoms with Crippen molar-refractivity contribution in [3.05, 3.63) is 48.6 Å². The molecule has 0 nitrogen and oxygen atoms in total. The van der Waals surface area contributed by atoms with Crippen LogP contribution in [0.4, 0.5) is 0 Å². The summed E-state index contributed by atoms with van der Waals surface area (Å²) in [5.41, 5.74) is 0. The Morgan fingerprint density at radius 3 is 0.536 bits per heavy atom. The highest BCUT2D eigenvalue weighted by molar-refractivity contribution is 5.08. The predicted molar refractivity (Wildman–Crippen MR) is 120 cm³/mol. The minimum absolute atomic E-state index is 0.851. The van der Waals surface area contributed by atoms with Crippen molar-refractivity contribution in [2.45, 2.75) is 77.0 Å². The van der Waals surface area contributed by atoms with Gasteiger partial charge in [-0.3, -0.25) is 0 Å². The first-order chi connectivity index (χ1) is 13.8. The van der Waals surface area contributed by atoms with Gasteiger partial charge in [-0.1, -0.05) is 48.6 Å². The van der Waals surface area contributed by atoms with Crippen molar-refractivity contribution in [1.29, 1.82) is 0 Å². The van der Waals surface area contributed by atoms with Gasteiger partial charge in [0.15, 0.2) is 0 Å². The maximum atomic E-state index is 2.61. The Morgan fingerprint density at radius 2 is 0.393 bits per heavy atom. The van der Waals surface area contributed by atoms with Crippen LogP contribution in [0.5, 0.6) is 0 Å². The molecule has 5 aliphatic carbocycles. The van der Waals surface area contributed by atoms with Crippen LogP contribution in [0.1, 0.15) is 77.0 Å². The van der Waals surface area contributed by atoms with Gasteiger partial charge in [0.05, 0.1) is 0 Å². The lowest BCUT2D eigenvalue weighted by molar-refractivity contribution is 0.593. The van der Waals surface area contributed by atoms with Gasteiger partial charge in [-0.15, -0.1) is 0 Å². The summed E-state index contributed by atoms with van der Waals surface area (Å²) in [7, 11) is 0. The van der Waals surface area contributed by atoms with Gasteiger partial charge in [-0.2, -0.15) is 0 Å². The molecular weight excluding hydrogens is 336 g/mol. The minimum Gasteiger partial charge on any atom is -0.0851 e. The lowest BCUT2D eigenvalue weighted by atomic mass is 9.96. The number of hydrogen-bond donors (Lipinski definition) is 0. The summed E-state index contributed by atoms with van der Waals surface area (Å²) in [6.07, 6.45) is 37.9. The van der Waals surface area contributed by atoms with Crippen LogP contribution in [0.3, 0.4) is 0 Å². The second-order valence-electron chi connectivity index (χ2n) is 10.9. The van der Waals surface area contributed by atoms with E-state index in [0.717, 1.165) is 47.3 Å². The van der Waals surface area contributed by atoms with Gasteiger partial charge in [-0.25, -0.2) is 0 Å².